The van der Waals surface area contributed by atoms with Gasteiger partial charge in [-0.2, -0.15) is 0 Å². The Labute approximate surface area is 139 Å². The predicted octanol–water partition coefficient (Wildman–Crippen LogP) is 2.41. The van der Waals surface area contributed by atoms with Gasteiger partial charge in [-0.05, 0) is 38.0 Å². The van der Waals surface area contributed by atoms with Gasteiger partial charge in [0.15, 0.2) is 6.10 Å². The molecule has 7 heteroatoms. The van der Waals surface area contributed by atoms with Crippen LogP contribution in [-0.2, 0) is 20.7 Å². The number of anilines is 1. The number of hydrogen-bond acceptors (Lipinski definition) is 6. The Balaban J connectivity index is 1.90. The van der Waals surface area contributed by atoms with Crippen LogP contribution >= 0.6 is 0 Å². The van der Waals surface area contributed by atoms with Gasteiger partial charge in [0.05, 0.1) is 19.2 Å². The lowest BCUT2D eigenvalue weighted by Crippen LogP contribution is -2.30. The molecule has 24 heavy (non-hydrogen) atoms. The van der Waals surface area contributed by atoms with Crippen LogP contribution in [0.1, 0.15) is 23.7 Å². The fraction of sp³-hybridized carbons (Fsp3) is 0.353. The lowest BCUT2D eigenvalue weighted by molar-refractivity contribution is -0.152. The van der Waals surface area contributed by atoms with Crippen LogP contribution in [0.2, 0.25) is 0 Å². The monoisotopic (exact) mass is 332 g/mol. The second kappa shape index (κ2) is 7.63. The molecule has 2 aromatic rings. The molecule has 1 aromatic carbocycles. The number of amides is 1. The van der Waals surface area contributed by atoms with E-state index in [2.05, 4.69) is 10.5 Å². The molecule has 0 bridgehead atoms. The van der Waals surface area contributed by atoms with E-state index in [1.165, 1.54) is 6.92 Å². The van der Waals surface area contributed by atoms with E-state index in [-0.39, 0.29) is 12.3 Å². The van der Waals surface area contributed by atoms with E-state index >= 15 is 0 Å². The summed E-state index contributed by atoms with van der Waals surface area (Å²) in [5.74, 6) is -0.0752. The Kier molecular flexibility index (Phi) is 5.57. The van der Waals surface area contributed by atoms with Crippen molar-refractivity contribution in [1.29, 1.82) is 0 Å². The summed E-state index contributed by atoms with van der Waals surface area (Å²) in [6, 6.07) is 7.04. The van der Waals surface area contributed by atoms with E-state index < -0.39 is 18.0 Å². The summed E-state index contributed by atoms with van der Waals surface area (Å²) < 4.78 is 15.3. The van der Waals surface area contributed by atoms with Crippen LogP contribution in [0.15, 0.2) is 28.8 Å². The quantitative estimate of drug-likeness (QED) is 0.817. The van der Waals surface area contributed by atoms with Crippen molar-refractivity contribution in [3.05, 3.63) is 41.1 Å². The molecule has 0 aliphatic heterocycles. The summed E-state index contributed by atoms with van der Waals surface area (Å²) in [5, 5.41) is 6.15. The highest BCUT2D eigenvalue weighted by atomic mass is 16.5. The molecule has 1 aromatic heterocycles. The number of carbonyl (C=O) groups excluding carboxylic acids is 2. The van der Waals surface area contributed by atoms with Gasteiger partial charge in [-0.25, -0.2) is 0 Å². The molecule has 1 unspecified atom stereocenters. The third-order valence-electron chi connectivity index (χ3n) is 3.37. The first-order chi connectivity index (χ1) is 11.4. The second-order valence-corrected chi connectivity index (χ2v) is 5.43. The summed E-state index contributed by atoms with van der Waals surface area (Å²) in [6.07, 6.45) is -0.898. The van der Waals surface area contributed by atoms with Gasteiger partial charge in [0.1, 0.15) is 5.75 Å². The number of nitrogens with one attached hydrogen (secondary N) is 1. The first kappa shape index (κ1) is 17.5. The molecular formula is C17H20N2O5. The Hall–Kier alpha value is -2.83. The average Bonchev–Trinajstić information content (AvgIpc) is 2.94. The Morgan fingerprint density at radius 3 is 2.67 bits per heavy atom. The van der Waals surface area contributed by atoms with Gasteiger partial charge in [0.2, 0.25) is 5.88 Å². The number of esters is 1. The number of aryl methyl sites for hydroxylation is 2. The predicted molar refractivity (Wildman–Crippen MR) is 86.9 cm³/mol. The highest BCUT2D eigenvalue weighted by Gasteiger charge is 2.19. The molecule has 1 heterocycles. The van der Waals surface area contributed by atoms with Gasteiger partial charge < -0.3 is 14.0 Å². The number of carbonyl (C=O) groups is 2. The van der Waals surface area contributed by atoms with Gasteiger partial charge in [-0.1, -0.05) is 17.3 Å². The minimum atomic E-state index is -0.949. The van der Waals surface area contributed by atoms with Crippen molar-refractivity contribution in [3.63, 3.8) is 0 Å². The first-order valence-electron chi connectivity index (χ1n) is 7.46. The van der Waals surface area contributed by atoms with Crippen LogP contribution in [0.4, 0.5) is 5.88 Å². The molecule has 7 nitrogen and oxygen atoms in total. The summed E-state index contributed by atoms with van der Waals surface area (Å²) in [7, 11) is 1.57. The summed E-state index contributed by atoms with van der Waals surface area (Å²) >= 11 is 0. The molecular weight excluding hydrogens is 312 g/mol. The van der Waals surface area contributed by atoms with Gasteiger partial charge in [0, 0.05) is 6.07 Å². The standard InChI is InChI=1S/C17H20N2O5/c1-10-5-6-13(8-14(10)22-4)9-16(20)23-12(3)17(21)18-15-7-11(2)19-24-15/h5-8,12H,9H2,1-4H3,(H,18,21). The van der Waals surface area contributed by atoms with Crippen LogP contribution in [0, 0.1) is 13.8 Å². The molecule has 1 atom stereocenters. The average molecular weight is 332 g/mol. The number of rotatable bonds is 6. The number of ether oxygens (including phenoxy) is 2. The summed E-state index contributed by atoms with van der Waals surface area (Å²) in [6.45, 7) is 5.14. The Morgan fingerprint density at radius 2 is 2.04 bits per heavy atom. The molecule has 0 saturated heterocycles. The van der Waals surface area contributed by atoms with Crippen molar-refractivity contribution < 1.29 is 23.6 Å². The van der Waals surface area contributed by atoms with Crippen molar-refractivity contribution in [2.24, 2.45) is 0 Å². The number of benzene rings is 1. The van der Waals surface area contributed by atoms with Crippen LogP contribution < -0.4 is 10.1 Å². The second-order valence-electron chi connectivity index (χ2n) is 5.43. The molecule has 1 amide bonds. The maximum Gasteiger partial charge on any atom is 0.311 e. The van der Waals surface area contributed by atoms with Gasteiger partial charge in [0.25, 0.3) is 5.91 Å². The smallest absolute Gasteiger partial charge is 0.311 e. The number of methoxy groups -OCH3 is 1. The normalized spacial score (nSPS) is 11.7. The summed E-state index contributed by atoms with van der Waals surface area (Å²) in [4.78, 5) is 23.9. The maximum atomic E-state index is 12.0. The van der Waals surface area contributed by atoms with E-state index in [1.807, 2.05) is 19.1 Å². The number of hydrogen-bond donors (Lipinski definition) is 1. The van der Waals surface area contributed by atoms with Crippen LogP contribution in [0.25, 0.3) is 0 Å². The third kappa shape index (κ3) is 4.58. The van der Waals surface area contributed by atoms with Crippen LogP contribution in [0.5, 0.6) is 5.75 Å². The molecule has 2 rings (SSSR count). The van der Waals surface area contributed by atoms with Gasteiger partial charge in [-0.15, -0.1) is 0 Å². The van der Waals surface area contributed by atoms with E-state index in [0.717, 1.165) is 11.1 Å². The fourth-order valence-electron chi connectivity index (χ4n) is 2.08. The van der Waals surface area contributed by atoms with Crippen molar-refractivity contribution in [2.75, 3.05) is 12.4 Å². The largest absolute Gasteiger partial charge is 0.496 e. The topological polar surface area (TPSA) is 90.7 Å². The fourth-order valence-corrected chi connectivity index (χ4v) is 2.08. The van der Waals surface area contributed by atoms with Crippen molar-refractivity contribution in [2.45, 2.75) is 33.3 Å². The van der Waals surface area contributed by atoms with E-state index in [9.17, 15) is 9.59 Å². The third-order valence-corrected chi connectivity index (χ3v) is 3.37. The van der Waals surface area contributed by atoms with E-state index in [4.69, 9.17) is 14.0 Å². The summed E-state index contributed by atoms with van der Waals surface area (Å²) in [5.41, 5.74) is 2.37. The first-order valence-corrected chi connectivity index (χ1v) is 7.46. The molecule has 0 aliphatic carbocycles. The minimum Gasteiger partial charge on any atom is -0.496 e. The zero-order chi connectivity index (χ0) is 17.7. The minimum absolute atomic E-state index is 0.0513. The molecule has 0 fully saturated rings. The van der Waals surface area contributed by atoms with Crippen LogP contribution in [0.3, 0.4) is 0 Å². The lowest BCUT2D eigenvalue weighted by atomic mass is 10.1. The Morgan fingerprint density at radius 1 is 1.29 bits per heavy atom. The van der Waals surface area contributed by atoms with E-state index in [0.29, 0.717) is 11.4 Å². The molecule has 0 aliphatic rings. The highest BCUT2D eigenvalue weighted by molar-refractivity contribution is 5.94. The van der Waals surface area contributed by atoms with E-state index in [1.54, 1.807) is 26.2 Å². The van der Waals surface area contributed by atoms with Crippen LogP contribution in [-0.4, -0.2) is 30.2 Å². The zero-order valence-electron chi connectivity index (χ0n) is 14.1. The molecule has 0 spiro atoms. The van der Waals surface area contributed by atoms with Gasteiger partial charge in [-0.3, -0.25) is 14.9 Å². The van der Waals surface area contributed by atoms with Crippen molar-refractivity contribution >= 4 is 17.8 Å². The molecule has 0 saturated carbocycles. The number of nitrogens with zero attached hydrogens (tertiary/aromatic N) is 1. The highest BCUT2D eigenvalue weighted by Crippen LogP contribution is 2.19. The van der Waals surface area contributed by atoms with Gasteiger partial charge >= 0.3 is 5.97 Å². The zero-order valence-corrected chi connectivity index (χ0v) is 14.1. The van der Waals surface area contributed by atoms with Crippen molar-refractivity contribution in [1.82, 2.24) is 5.16 Å². The molecule has 0 radical (unpaired) electrons. The Bertz CT molecular complexity index is 738. The molecule has 128 valence electrons. The molecule has 1 N–H and O–H groups in total. The van der Waals surface area contributed by atoms with Crippen molar-refractivity contribution in [3.8, 4) is 5.75 Å². The SMILES string of the molecule is COc1cc(CC(=O)OC(C)C(=O)Nc2cc(C)no2)ccc1C. The maximum absolute atomic E-state index is 12.0. The lowest BCUT2D eigenvalue weighted by Gasteiger charge is -2.13. The number of aromatic nitrogens is 1.